The SMILES string of the molecule is CCCCCC(Cl)Oc1ccc2[nH]cc(CC3CCCN3C)c2c1. The Labute approximate surface area is 150 Å². The van der Waals surface area contributed by atoms with Crippen molar-refractivity contribution < 1.29 is 4.74 Å². The Kier molecular flexibility index (Phi) is 6.07. The Hall–Kier alpha value is -1.19. The predicted octanol–water partition coefficient (Wildman–Crippen LogP) is 5.33. The maximum atomic E-state index is 6.34. The van der Waals surface area contributed by atoms with Crippen LogP contribution >= 0.6 is 11.6 Å². The van der Waals surface area contributed by atoms with Gasteiger partial charge in [-0.1, -0.05) is 31.4 Å². The molecule has 0 radical (unpaired) electrons. The van der Waals surface area contributed by atoms with Gasteiger partial charge in [0.1, 0.15) is 5.75 Å². The summed E-state index contributed by atoms with van der Waals surface area (Å²) in [6, 6.07) is 6.91. The standard InChI is InChI=1S/C20H29ClN2O/c1-3-4-5-8-20(21)24-17-9-10-19-18(13-17)15(14-22-19)12-16-7-6-11-23(16)2/h9-10,13-14,16,20,22H,3-8,11-12H2,1-2H3. The molecular weight excluding hydrogens is 320 g/mol. The van der Waals surface area contributed by atoms with Gasteiger partial charge in [0.15, 0.2) is 5.56 Å². The summed E-state index contributed by atoms with van der Waals surface area (Å²) in [4.78, 5) is 5.87. The van der Waals surface area contributed by atoms with Crippen LogP contribution in [0.4, 0.5) is 0 Å². The molecule has 1 fully saturated rings. The van der Waals surface area contributed by atoms with Gasteiger partial charge in [-0.3, -0.25) is 0 Å². The summed E-state index contributed by atoms with van der Waals surface area (Å²) in [6.45, 7) is 3.42. The van der Waals surface area contributed by atoms with Crippen molar-refractivity contribution >= 4 is 22.5 Å². The van der Waals surface area contributed by atoms with Crippen LogP contribution in [-0.2, 0) is 6.42 Å². The van der Waals surface area contributed by atoms with Gasteiger partial charge in [-0.05, 0) is 69.5 Å². The number of benzene rings is 1. The minimum Gasteiger partial charge on any atom is -0.475 e. The number of aromatic nitrogens is 1. The van der Waals surface area contributed by atoms with Crippen molar-refractivity contribution in [3.05, 3.63) is 30.0 Å². The molecule has 0 aliphatic carbocycles. The highest BCUT2D eigenvalue weighted by Crippen LogP contribution is 2.28. The maximum Gasteiger partial charge on any atom is 0.172 e. The van der Waals surface area contributed by atoms with E-state index in [9.17, 15) is 0 Å². The van der Waals surface area contributed by atoms with E-state index in [4.69, 9.17) is 16.3 Å². The van der Waals surface area contributed by atoms with E-state index in [-0.39, 0.29) is 5.56 Å². The summed E-state index contributed by atoms with van der Waals surface area (Å²) in [5, 5.41) is 1.27. The Morgan fingerprint density at radius 3 is 3.00 bits per heavy atom. The van der Waals surface area contributed by atoms with E-state index in [1.165, 1.54) is 48.7 Å². The zero-order valence-corrected chi connectivity index (χ0v) is 15.6. The van der Waals surface area contributed by atoms with Gasteiger partial charge in [0.05, 0.1) is 0 Å². The van der Waals surface area contributed by atoms with Crippen molar-refractivity contribution in [3.8, 4) is 5.75 Å². The third-order valence-electron chi connectivity index (χ3n) is 5.16. The number of hydrogen-bond donors (Lipinski definition) is 1. The summed E-state index contributed by atoms with van der Waals surface area (Å²) in [6.07, 6.45) is 10.3. The molecule has 3 rings (SSSR count). The third kappa shape index (κ3) is 4.25. The molecule has 1 N–H and O–H groups in total. The average molecular weight is 349 g/mol. The first-order valence-electron chi connectivity index (χ1n) is 9.28. The highest BCUT2D eigenvalue weighted by Gasteiger charge is 2.22. The number of hydrogen-bond acceptors (Lipinski definition) is 2. The Morgan fingerprint density at radius 1 is 1.38 bits per heavy atom. The second kappa shape index (κ2) is 8.26. The van der Waals surface area contributed by atoms with E-state index in [2.05, 4.69) is 42.2 Å². The molecule has 1 aromatic heterocycles. The number of unbranched alkanes of at least 4 members (excludes halogenated alkanes) is 2. The van der Waals surface area contributed by atoms with Gasteiger partial charge in [0.2, 0.25) is 0 Å². The number of alkyl halides is 1. The van der Waals surface area contributed by atoms with Crippen LogP contribution in [0.25, 0.3) is 10.9 Å². The monoisotopic (exact) mass is 348 g/mol. The van der Waals surface area contributed by atoms with E-state index in [0.717, 1.165) is 25.0 Å². The maximum absolute atomic E-state index is 6.34. The van der Waals surface area contributed by atoms with Gasteiger partial charge in [-0.2, -0.15) is 0 Å². The molecule has 132 valence electrons. The number of nitrogens with one attached hydrogen (secondary N) is 1. The normalized spacial score (nSPS) is 19.9. The first-order chi connectivity index (χ1) is 11.7. The number of likely N-dealkylation sites (tertiary alicyclic amines) is 1. The molecule has 1 saturated heterocycles. The predicted molar refractivity (Wildman–Crippen MR) is 102 cm³/mol. The van der Waals surface area contributed by atoms with Gasteiger partial charge >= 0.3 is 0 Å². The van der Waals surface area contributed by atoms with Crippen LogP contribution in [0.15, 0.2) is 24.4 Å². The molecule has 0 saturated carbocycles. The van der Waals surface area contributed by atoms with Gasteiger partial charge in [0.25, 0.3) is 0 Å². The second-order valence-electron chi connectivity index (χ2n) is 7.03. The lowest BCUT2D eigenvalue weighted by Crippen LogP contribution is -2.26. The van der Waals surface area contributed by atoms with E-state index in [1.54, 1.807) is 0 Å². The number of likely N-dealkylation sites (N-methyl/N-ethyl adjacent to an activating group) is 1. The minimum atomic E-state index is -0.239. The molecular formula is C20H29ClN2O. The van der Waals surface area contributed by atoms with Crippen LogP contribution < -0.4 is 4.74 Å². The molecule has 2 heterocycles. The first kappa shape index (κ1) is 17.6. The largest absolute Gasteiger partial charge is 0.475 e. The smallest absolute Gasteiger partial charge is 0.172 e. The van der Waals surface area contributed by atoms with Crippen LogP contribution in [-0.4, -0.2) is 35.1 Å². The third-order valence-corrected chi connectivity index (χ3v) is 5.47. The molecule has 24 heavy (non-hydrogen) atoms. The molecule has 2 aromatic rings. The lowest BCUT2D eigenvalue weighted by Gasteiger charge is -2.19. The molecule has 1 aliphatic heterocycles. The Bertz CT molecular complexity index is 654. The molecule has 1 aromatic carbocycles. The molecule has 2 unspecified atom stereocenters. The number of rotatable bonds is 8. The molecule has 0 spiro atoms. The lowest BCUT2D eigenvalue weighted by molar-refractivity contribution is 0.265. The van der Waals surface area contributed by atoms with Crippen LogP contribution in [0.3, 0.4) is 0 Å². The quantitative estimate of drug-likeness (QED) is 0.516. The average Bonchev–Trinajstić information content (AvgIpc) is 3.15. The number of ether oxygens (including phenoxy) is 1. The fourth-order valence-corrected chi connectivity index (χ4v) is 3.91. The van der Waals surface area contributed by atoms with Gasteiger partial charge in [-0.25, -0.2) is 0 Å². The zero-order valence-electron chi connectivity index (χ0n) is 14.9. The fourth-order valence-electron chi connectivity index (χ4n) is 3.65. The molecule has 3 nitrogen and oxygen atoms in total. The number of aromatic amines is 1. The van der Waals surface area contributed by atoms with E-state index in [0.29, 0.717) is 6.04 Å². The van der Waals surface area contributed by atoms with E-state index < -0.39 is 0 Å². The summed E-state index contributed by atoms with van der Waals surface area (Å²) in [5.74, 6) is 0.875. The van der Waals surface area contributed by atoms with Crippen molar-refractivity contribution in [2.75, 3.05) is 13.6 Å². The molecule has 0 bridgehead atoms. The highest BCUT2D eigenvalue weighted by atomic mass is 35.5. The number of fused-ring (bicyclic) bond motifs is 1. The fraction of sp³-hybridized carbons (Fsp3) is 0.600. The van der Waals surface area contributed by atoms with Crippen molar-refractivity contribution in [3.63, 3.8) is 0 Å². The topological polar surface area (TPSA) is 28.3 Å². The minimum absolute atomic E-state index is 0.239. The number of nitrogens with zero attached hydrogens (tertiary/aromatic N) is 1. The van der Waals surface area contributed by atoms with Crippen LogP contribution in [0.1, 0.15) is 51.0 Å². The second-order valence-corrected chi connectivity index (χ2v) is 7.51. The van der Waals surface area contributed by atoms with Crippen LogP contribution in [0.2, 0.25) is 0 Å². The molecule has 4 heteroatoms. The molecule has 1 aliphatic rings. The summed E-state index contributed by atoms with van der Waals surface area (Å²) >= 11 is 6.34. The first-order valence-corrected chi connectivity index (χ1v) is 9.72. The van der Waals surface area contributed by atoms with Gasteiger partial charge in [-0.15, -0.1) is 0 Å². The summed E-state index contributed by atoms with van der Waals surface area (Å²) in [5.41, 5.74) is 2.32. The molecule has 2 atom stereocenters. The van der Waals surface area contributed by atoms with Crippen molar-refractivity contribution in [1.82, 2.24) is 9.88 Å². The van der Waals surface area contributed by atoms with Crippen LogP contribution in [0, 0.1) is 0 Å². The van der Waals surface area contributed by atoms with Gasteiger partial charge < -0.3 is 14.6 Å². The van der Waals surface area contributed by atoms with Crippen molar-refractivity contribution in [2.45, 2.75) is 63.5 Å². The van der Waals surface area contributed by atoms with Crippen LogP contribution in [0.5, 0.6) is 5.75 Å². The Morgan fingerprint density at radius 2 is 2.25 bits per heavy atom. The van der Waals surface area contributed by atoms with Crippen molar-refractivity contribution in [1.29, 1.82) is 0 Å². The molecule has 0 amide bonds. The van der Waals surface area contributed by atoms with Crippen molar-refractivity contribution in [2.24, 2.45) is 0 Å². The summed E-state index contributed by atoms with van der Waals surface area (Å²) < 4.78 is 5.93. The summed E-state index contributed by atoms with van der Waals surface area (Å²) in [7, 11) is 2.23. The van der Waals surface area contributed by atoms with Gasteiger partial charge in [0, 0.05) is 23.1 Å². The Balaban J connectivity index is 1.68. The zero-order chi connectivity index (χ0) is 16.9. The lowest BCUT2D eigenvalue weighted by atomic mass is 10.0. The number of H-pyrrole nitrogens is 1. The van der Waals surface area contributed by atoms with E-state index in [1.807, 2.05) is 6.07 Å². The number of halogens is 1. The van der Waals surface area contributed by atoms with E-state index >= 15 is 0 Å². The highest BCUT2D eigenvalue weighted by molar-refractivity contribution is 6.19.